The molecule has 0 heterocycles. The predicted octanol–water partition coefficient (Wildman–Crippen LogP) is 9.04. The first-order valence-corrected chi connectivity index (χ1v) is 10.7. The van der Waals surface area contributed by atoms with E-state index in [-0.39, 0.29) is 82.1 Å². The van der Waals surface area contributed by atoms with Crippen LogP contribution in [0.15, 0.2) is 48.5 Å². The summed E-state index contributed by atoms with van der Waals surface area (Å²) in [5.74, 6) is 0. The van der Waals surface area contributed by atoms with Gasteiger partial charge in [0.15, 0.2) is 0 Å². The van der Waals surface area contributed by atoms with Gasteiger partial charge in [-0.05, 0) is 27.7 Å². The standard InChI is InChI=1S/2C12H13.C2H4Si.4CH3.2Zr/c2*1-8-4-10(3)12-7-9(2)6-11(12)5-8;1-3-2;;;;;;/h2*4-7H,1-3H3;1-2H2;4*1H3;;/q2*-1;-2;4*-1;2*+4. The number of rotatable bonds is 0. The van der Waals surface area contributed by atoms with Crippen molar-refractivity contribution < 1.29 is 52.4 Å². The van der Waals surface area contributed by atoms with Crippen LogP contribution in [0.5, 0.6) is 0 Å². The van der Waals surface area contributed by atoms with Gasteiger partial charge in [0.25, 0.3) is 0 Å². The monoisotopic (exact) mass is 610 g/mol. The summed E-state index contributed by atoms with van der Waals surface area (Å²) in [5.41, 5.74) is 8.20. The molecule has 0 N–H and O–H groups in total. The summed E-state index contributed by atoms with van der Waals surface area (Å²) >= 11 is 0. The molecule has 0 fully saturated rings. The Bertz CT molecular complexity index is 954. The van der Waals surface area contributed by atoms with E-state index in [9.17, 15) is 0 Å². The first-order valence-electron chi connectivity index (χ1n) is 9.33. The third kappa shape index (κ3) is 12.2. The molecule has 2 radical (unpaired) electrons. The maximum absolute atomic E-state index is 3.40. The van der Waals surface area contributed by atoms with Gasteiger partial charge >= 0.3 is 52.4 Å². The van der Waals surface area contributed by atoms with Crippen LogP contribution in [0.2, 0.25) is 0 Å². The summed E-state index contributed by atoms with van der Waals surface area (Å²) in [7, 11) is 0.583. The molecule has 0 atom stereocenters. The molecule has 174 valence electrons. The minimum Gasteiger partial charge on any atom is -0.385 e. The molecule has 4 rings (SSSR count). The molecular formula is C30H42SiZr2. The normalized spacial score (nSPS) is 8.48. The van der Waals surface area contributed by atoms with E-state index in [2.05, 4.69) is 103 Å². The fourth-order valence-electron chi connectivity index (χ4n) is 3.69. The molecule has 0 nitrogen and oxygen atoms in total. The molecule has 0 unspecified atom stereocenters. The molecule has 0 aliphatic heterocycles. The third-order valence-corrected chi connectivity index (χ3v) is 4.64. The maximum Gasteiger partial charge on any atom is 4.00 e. The van der Waals surface area contributed by atoms with Gasteiger partial charge in [-0.25, -0.2) is 0 Å². The molecule has 4 aromatic carbocycles. The van der Waals surface area contributed by atoms with Gasteiger partial charge in [-0.2, -0.15) is 12.1 Å². The Labute approximate surface area is 247 Å². The second-order valence-corrected chi connectivity index (χ2v) is 7.98. The zero-order chi connectivity index (χ0) is 20.1. The van der Waals surface area contributed by atoms with Gasteiger partial charge in [-0.1, -0.05) is 48.2 Å². The average molecular weight is 613 g/mol. The summed E-state index contributed by atoms with van der Waals surface area (Å²) < 4.78 is 0. The van der Waals surface area contributed by atoms with Crippen LogP contribution in [0.3, 0.4) is 0 Å². The van der Waals surface area contributed by atoms with Gasteiger partial charge in [-0.3, -0.25) is 0 Å². The Morgan fingerprint density at radius 1 is 0.545 bits per heavy atom. The molecule has 0 saturated heterocycles. The van der Waals surface area contributed by atoms with E-state index >= 15 is 0 Å². The molecule has 0 saturated carbocycles. The van der Waals surface area contributed by atoms with Crippen LogP contribution in [-0.4, -0.2) is 9.52 Å². The van der Waals surface area contributed by atoms with Crippen LogP contribution in [0.4, 0.5) is 0 Å². The number of hydrogen-bond donors (Lipinski definition) is 0. The Balaban J connectivity index is -0.000000122. The van der Waals surface area contributed by atoms with Crippen molar-refractivity contribution in [1.29, 1.82) is 0 Å². The fourth-order valence-corrected chi connectivity index (χ4v) is 3.69. The van der Waals surface area contributed by atoms with Gasteiger partial charge in [0, 0.05) is 0 Å². The van der Waals surface area contributed by atoms with Crippen molar-refractivity contribution in [3.05, 3.63) is 125 Å². The summed E-state index contributed by atoms with van der Waals surface area (Å²) in [6, 6.07) is 18.0. The van der Waals surface area contributed by atoms with Crippen LogP contribution in [0.1, 0.15) is 33.4 Å². The third-order valence-electron chi connectivity index (χ3n) is 4.64. The van der Waals surface area contributed by atoms with Crippen molar-refractivity contribution >= 4 is 31.1 Å². The Hall–Kier alpha value is -0.357. The molecule has 0 aliphatic rings. The van der Waals surface area contributed by atoms with Gasteiger partial charge in [-0.15, -0.1) is 56.9 Å². The van der Waals surface area contributed by atoms with E-state index in [1.54, 1.807) is 0 Å². The molecule has 0 aliphatic carbocycles. The molecule has 3 heteroatoms. The zero-order valence-corrected chi connectivity index (χ0v) is 28.4. The SMILES string of the molecule is Cc1cc(C)c2cc(C)[cH-]c2c1.Cc1cc(C)c2cc(C)[cH-]c2c1.[CH2-][Si][CH2-].[CH3-].[CH3-].[CH3-].[CH3-].[Zr+4].[Zr+4]. The Morgan fingerprint density at radius 2 is 0.818 bits per heavy atom. The van der Waals surface area contributed by atoms with E-state index in [1.165, 1.54) is 54.9 Å². The first kappa shape index (κ1) is 42.8. The Kier molecular flexibility index (Phi) is 25.8. The molecule has 0 bridgehead atoms. The van der Waals surface area contributed by atoms with Gasteiger partial charge in [0.05, 0.1) is 0 Å². The van der Waals surface area contributed by atoms with Crippen molar-refractivity contribution in [3.63, 3.8) is 0 Å². The topological polar surface area (TPSA) is 0 Å². The number of hydrogen-bond acceptors (Lipinski definition) is 0. The number of aryl methyl sites for hydroxylation is 6. The van der Waals surface area contributed by atoms with Crippen molar-refractivity contribution in [2.24, 2.45) is 0 Å². The van der Waals surface area contributed by atoms with Crippen molar-refractivity contribution in [2.45, 2.75) is 41.5 Å². The molecule has 0 spiro atoms. The van der Waals surface area contributed by atoms with Gasteiger partial charge in [0.1, 0.15) is 0 Å². The van der Waals surface area contributed by atoms with Crippen molar-refractivity contribution in [1.82, 2.24) is 0 Å². The van der Waals surface area contributed by atoms with Gasteiger partial charge < -0.3 is 52.3 Å². The first-order chi connectivity index (χ1) is 12.7. The predicted molar refractivity (Wildman–Crippen MR) is 150 cm³/mol. The van der Waals surface area contributed by atoms with Crippen LogP contribution in [-0.2, 0) is 52.4 Å². The number of fused-ring (bicyclic) bond motifs is 2. The molecule has 0 amide bonds. The van der Waals surface area contributed by atoms with E-state index in [4.69, 9.17) is 0 Å². The van der Waals surface area contributed by atoms with Crippen molar-refractivity contribution in [3.8, 4) is 0 Å². The smallest absolute Gasteiger partial charge is 0.385 e. The second-order valence-electron chi connectivity index (χ2n) is 7.48. The molecule has 0 aromatic heterocycles. The van der Waals surface area contributed by atoms with Gasteiger partial charge in [0.2, 0.25) is 0 Å². The van der Waals surface area contributed by atoms with E-state index in [0.29, 0.717) is 9.52 Å². The summed E-state index contributed by atoms with van der Waals surface area (Å²) in [5, 5.41) is 5.56. The summed E-state index contributed by atoms with van der Waals surface area (Å²) in [4.78, 5) is 0. The zero-order valence-electron chi connectivity index (χ0n) is 22.5. The van der Waals surface area contributed by atoms with Crippen molar-refractivity contribution in [2.75, 3.05) is 0 Å². The second kappa shape index (κ2) is 19.9. The number of benzene rings is 2. The van der Waals surface area contributed by atoms with Crippen LogP contribution >= 0.6 is 0 Å². The van der Waals surface area contributed by atoms with E-state index in [0.717, 1.165) is 0 Å². The quantitative estimate of drug-likeness (QED) is 0.137. The van der Waals surface area contributed by atoms with Crippen LogP contribution in [0, 0.1) is 84.3 Å². The minimum atomic E-state index is 0. The largest absolute Gasteiger partial charge is 4.00 e. The summed E-state index contributed by atoms with van der Waals surface area (Å²) in [6.45, 7) is 19.7. The fraction of sp³-hybridized carbons (Fsp3) is 0.200. The van der Waals surface area contributed by atoms with Crippen LogP contribution < -0.4 is 0 Å². The maximum atomic E-state index is 3.40. The Morgan fingerprint density at radius 3 is 1.09 bits per heavy atom. The molecular weight excluding hydrogens is 571 g/mol. The molecule has 33 heavy (non-hydrogen) atoms. The minimum absolute atomic E-state index is 0. The van der Waals surface area contributed by atoms with Crippen LogP contribution in [0.25, 0.3) is 21.5 Å². The molecule has 4 aromatic rings. The summed E-state index contributed by atoms with van der Waals surface area (Å²) in [6.07, 6.45) is 0. The average Bonchev–Trinajstić information content (AvgIpc) is 3.10. The van der Waals surface area contributed by atoms with E-state index < -0.39 is 0 Å². The van der Waals surface area contributed by atoms with E-state index in [1.807, 2.05) is 0 Å².